The van der Waals surface area contributed by atoms with Crippen molar-refractivity contribution < 1.29 is 19.4 Å². The molecule has 1 fully saturated rings. The molecule has 4 unspecified atom stereocenters. The van der Waals surface area contributed by atoms with Crippen molar-refractivity contribution in [1.82, 2.24) is 20.6 Å². The zero-order valence-electron chi connectivity index (χ0n) is 23.8. The molecule has 0 bridgehead atoms. The van der Waals surface area contributed by atoms with Gasteiger partial charge in [0, 0.05) is 42.7 Å². The van der Waals surface area contributed by atoms with Crippen LogP contribution in [0.4, 0.5) is 4.79 Å². The van der Waals surface area contributed by atoms with Crippen molar-refractivity contribution >= 4 is 17.8 Å². The summed E-state index contributed by atoms with van der Waals surface area (Å²) in [7, 11) is 0. The van der Waals surface area contributed by atoms with Gasteiger partial charge in [-0.3, -0.25) is 0 Å². The smallest absolute Gasteiger partial charge is 0.315 e. The SMILES string of the molecule is CCNC(=O)NCc1cccc(-c2cccc(C3OC(CSc4ncccn4)C(C)C(c4ccc(CO)cc4)O3)c2)c1. The second-order valence-corrected chi connectivity index (χ2v) is 11.2. The summed E-state index contributed by atoms with van der Waals surface area (Å²) in [5.74, 6) is 0.742. The van der Waals surface area contributed by atoms with E-state index in [1.54, 1.807) is 24.2 Å². The van der Waals surface area contributed by atoms with E-state index >= 15 is 0 Å². The zero-order valence-corrected chi connectivity index (χ0v) is 24.6. The summed E-state index contributed by atoms with van der Waals surface area (Å²) in [6, 6.07) is 25.9. The van der Waals surface area contributed by atoms with Gasteiger partial charge in [0.2, 0.25) is 0 Å². The number of aliphatic hydroxyl groups is 1. The normalized spacial score (nSPS) is 20.2. The summed E-state index contributed by atoms with van der Waals surface area (Å²) in [5.41, 5.74) is 5.91. The van der Waals surface area contributed by atoms with Gasteiger partial charge in [-0.05, 0) is 52.9 Å². The van der Waals surface area contributed by atoms with Crippen molar-refractivity contribution in [3.05, 3.63) is 114 Å². The fourth-order valence-electron chi connectivity index (χ4n) is 4.96. The van der Waals surface area contributed by atoms with Crippen LogP contribution in [0.5, 0.6) is 0 Å². The van der Waals surface area contributed by atoms with Gasteiger partial charge in [0.25, 0.3) is 0 Å². The van der Waals surface area contributed by atoms with Crippen LogP contribution in [0.2, 0.25) is 0 Å². The van der Waals surface area contributed by atoms with Crippen LogP contribution in [0, 0.1) is 5.92 Å². The number of benzene rings is 3. The van der Waals surface area contributed by atoms with Gasteiger partial charge in [-0.15, -0.1) is 0 Å². The lowest BCUT2D eigenvalue weighted by atomic mass is 9.91. The number of ether oxygens (including phenoxy) is 2. The van der Waals surface area contributed by atoms with E-state index < -0.39 is 6.29 Å². The molecule has 42 heavy (non-hydrogen) atoms. The predicted octanol–water partition coefficient (Wildman–Crippen LogP) is 6.04. The minimum absolute atomic E-state index is 0.000570. The van der Waals surface area contributed by atoms with Crippen LogP contribution in [0.1, 0.15) is 48.5 Å². The molecule has 3 N–H and O–H groups in total. The molecule has 0 radical (unpaired) electrons. The summed E-state index contributed by atoms with van der Waals surface area (Å²) < 4.78 is 13.3. The number of thioether (sulfide) groups is 1. The van der Waals surface area contributed by atoms with Crippen molar-refractivity contribution in [3.63, 3.8) is 0 Å². The molecule has 8 nitrogen and oxygen atoms in total. The van der Waals surface area contributed by atoms with E-state index in [0.29, 0.717) is 24.0 Å². The van der Waals surface area contributed by atoms with Crippen LogP contribution < -0.4 is 10.6 Å². The van der Waals surface area contributed by atoms with Gasteiger partial charge in [0.05, 0.1) is 18.8 Å². The molecule has 4 aromatic rings. The van der Waals surface area contributed by atoms with Crippen molar-refractivity contribution in [1.29, 1.82) is 0 Å². The minimum atomic E-state index is -0.575. The van der Waals surface area contributed by atoms with Gasteiger partial charge in [-0.1, -0.05) is 79.3 Å². The van der Waals surface area contributed by atoms with E-state index in [9.17, 15) is 9.90 Å². The number of carbonyl (C=O) groups is 1. The molecule has 3 aromatic carbocycles. The molecule has 1 saturated heterocycles. The van der Waals surface area contributed by atoms with Crippen LogP contribution >= 0.6 is 11.8 Å². The van der Waals surface area contributed by atoms with Crippen LogP contribution in [-0.2, 0) is 22.6 Å². The van der Waals surface area contributed by atoms with E-state index in [1.165, 1.54) is 0 Å². The second kappa shape index (κ2) is 14.4. The first-order chi connectivity index (χ1) is 20.5. The number of urea groups is 1. The Labute approximate surface area is 250 Å². The molecule has 2 heterocycles. The van der Waals surface area contributed by atoms with Gasteiger partial charge in [-0.2, -0.15) is 0 Å². The number of aliphatic hydroxyl groups excluding tert-OH is 1. The average Bonchev–Trinajstić information content (AvgIpc) is 3.04. The first-order valence-corrected chi connectivity index (χ1v) is 15.1. The summed E-state index contributed by atoms with van der Waals surface area (Å²) in [4.78, 5) is 20.6. The van der Waals surface area contributed by atoms with Gasteiger partial charge in [0.1, 0.15) is 0 Å². The van der Waals surface area contributed by atoms with Gasteiger partial charge >= 0.3 is 6.03 Å². The van der Waals surface area contributed by atoms with Crippen molar-refractivity contribution in [2.45, 2.75) is 50.7 Å². The van der Waals surface area contributed by atoms with Crippen molar-refractivity contribution in [2.24, 2.45) is 5.92 Å². The van der Waals surface area contributed by atoms with Crippen LogP contribution in [0.3, 0.4) is 0 Å². The van der Waals surface area contributed by atoms with Gasteiger partial charge in [0.15, 0.2) is 11.4 Å². The highest BCUT2D eigenvalue weighted by atomic mass is 32.2. The molecule has 2 amide bonds. The number of nitrogens with one attached hydrogen (secondary N) is 2. The first kappa shape index (κ1) is 29.7. The molecule has 1 aliphatic rings. The van der Waals surface area contributed by atoms with Crippen LogP contribution in [0.25, 0.3) is 11.1 Å². The molecular formula is C33H36N4O4S. The Hall–Kier alpha value is -3.76. The maximum absolute atomic E-state index is 11.9. The summed E-state index contributed by atoms with van der Waals surface area (Å²) in [6.45, 7) is 5.06. The quantitative estimate of drug-likeness (QED) is 0.154. The largest absolute Gasteiger partial charge is 0.392 e. The molecule has 218 valence electrons. The summed E-state index contributed by atoms with van der Waals surface area (Å²) >= 11 is 1.57. The number of carbonyl (C=O) groups excluding carboxylic acids is 1. The predicted molar refractivity (Wildman–Crippen MR) is 164 cm³/mol. The molecule has 1 aliphatic heterocycles. The Bertz CT molecular complexity index is 1450. The lowest BCUT2D eigenvalue weighted by molar-refractivity contribution is -0.268. The Balaban J connectivity index is 1.38. The Kier molecular flexibility index (Phi) is 10.2. The molecule has 1 aromatic heterocycles. The van der Waals surface area contributed by atoms with Crippen molar-refractivity contribution in [3.8, 4) is 11.1 Å². The zero-order chi connectivity index (χ0) is 29.3. The summed E-state index contributed by atoms with van der Waals surface area (Å²) in [5, 5.41) is 15.9. The standard InChI is InChI=1S/C33H36N4O4S/c1-3-34-32(39)37-19-24-7-4-8-26(17-24)27-9-5-10-28(18-27)31-40-29(21-42-33-35-15-6-16-36-33)22(2)30(41-31)25-13-11-23(20-38)12-14-25/h4-18,22,29-31,38H,3,19-21H2,1-2H3,(H2,34,37,39). The highest BCUT2D eigenvalue weighted by Gasteiger charge is 2.38. The second-order valence-electron chi connectivity index (χ2n) is 10.2. The molecule has 9 heteroatoms. The van der Waals surface area contributed by atoms with Gasteiger partial charge < -0.3 is 25.2 Å². The monoisotopic (exact) mass is 584 g/mol. The van der Waals surface area contributed by atoms with Crippen molar-refractivity contribution in [2.75, 3.05) is 12.3 Å². The van der Waals surface area contributed by atoms with E-state index in [0.717, 1.165) is 33.4 Å². The maximum Gasteiger partial charge on any atom is 0.315 e. The van der Waals surface area contributed by atoms with E-state index in [1.807, 2.05) is 61.5 Å². The fraction of sp³-hybridized carbons (Fsp3) is 0.303. The van der Waals surface area contributed by atoms with Crippen LogP contribution in [0.15, 0.2) is 96.4 Å². The lowest BCUT2D eigenvalue weighted by Gasteiger charge is -2.41. The topological polar surface area (TPSA) is 106 Å². The van der Waals surface area contributed by atoms with E-state index in [-0.39, 0.29) is 30.8 Å². The van der Waals surface area contributed by atoms with E-state index in [2.05, 4.69) is 51.8 Å². The minimum Gasteiger partial charge on any atom is -0.392 e. The Morgan fingerprint density at radius 1 is 0.881 bits per heavy atom. The average molecular weight is 585 g/mol. The molecule has 4 atom stereocenters. The van der Waals surface area contributed by atoms with Crippen LogP contribution in [-0.4, -0.2) is 39.5 Å². The third-order valence-electron chi connectivity index (χ3n) is 7.25. The highest BCUT2D eigenvalue weighted by Crippen LogP contribution is 2.43. The van der Waals surface area contributed by atoms with E-state index in [4.69, 9.17) is 9.47 Å². The Morgan fingerprint density at radius 2 is 1.62 bits per heavy atom. The fourth-order valence-corrected chi connectivity index (χ4v) is 5.92. The molecular weight excluding hydrogens is 548 g/mol. The summed E-state index contributed by atoms with van der Waals surface area (Å²) in [6.07, 6.45) is 2.59. The highest BCUT2D eigenvalue weighted by molar-refractivity contribution is 7.99. The number of hydrogen-bond acceptors (Lipinski definition) is 7. The lowest BCUT2D eigenvalue weighted by Crippen LogP contribution is -2.38. The maximum atomic E-state index is 11.9. The number of rotatable bonds is 10. The number of nitrogens with zero attached hydrogens (tertiary/aromatic N) is 2. The molecule has 0 aliphatic carbocycles. The molecule has 0 saturated carbocycles. The third kappa shape index (κ3) is 7.54. The molecule has 0 spiro atoms. The number of amides is 2. The van der Waals surface area contributed by atoms with Gasteiger partial charge in [-0.25, -0.2) is 14.8 Å². The molecule has 5 rings (SSSR count). The number of hydrogen-bond donors (Lipinski definition) is 3. The number of aromatic nitrogens is 2. The third-order valence-corrected chi connectivity index (χ3v) is 8.22. The Morgan fingerprint density at radius 3 is 2.36 bits per heavy atom. The first-order valence-electron chi connectivity index (χ1n) is 14.2.